The van der Waals surface area contributed by atoms with Crippen LogP contribution in [-0.2, 0) is 6.54 Å². The molecule has 7 heteroatoms. The van der Waals surface area contributed by atoms with Crippen LogP contribution >= 0.6 is 0 Å². The Morgan fingerprint density at radius 1 is 1.43 bits per heavy atom. The molecule has 1 atom stereocenters. The van der Waals surface area contributed by atoms with Gasteiger partial charge >= 0.3 is 0 Å². The number of furan rings is 1. The number of aromatic amines is 1. The molecule has 0 aromatic carbocycles. The minimum absolute atomic E-state index is 0.338. The highest BCUT2D eigenvalue weighted by atomic mass is 16.3. The van der Waals surface area contributed by atoms with Gasteiger partial charge in [0, 0.05) is 13.1 Å². The van der Waals surface area contributed by atoms with Gasteiger partial charge < -0.3 is 15.1 Å². The summed E-state index contributed by atoms with van der Waals surface area (Å²) in [7, 11) is 1.75. The monoisotopic (exact) mass is 290 g/mol. The van der Waals surface area contributed by atoms with Crippen LogP contribution in [0.5, 0.6) is 0 Å². The SMILES string of the molecule is CN=C(NCc1nc(-c2ccco2)n[nH]1)NC(C)C(C)C. The van der Waals surface area contributed by atoms with E-state index in [1.165, 1.54) is 0 Å². The van der Waals surface area contributed by atoms with Crippen molar-refractivity contribution in [1.82, 2.24) is 25.8 Å². The third-order valence-electron chi connectivity index (χ3n) is 3.28. The Kier molecular flexibility index (Phi) is 4.97. The van der Waals surface area contributed by atoms with Crippen LogP contribution in [0.15, 0.2) is 27.8 Å². The van der Waals surface area contributed by atoms with E-state index in [1.807, 2.05) is 12.1 Å². The molecule has 2 aromatic rings. The number of hydrogen-bond acceptors (Lipinski definition) is 4. The van der Waals surface area contributed by atoms with Gasteiger partial charge in [-0.1, -0.05) is 13.8 Å². The highest BCUT2D eigenvalue weighted by Crippen LogP contribution is 2.14. The predicted molar refractivity (Wildman–Crippen MR) is 81.7 cm³/mol. The summed E-state index contributed by atoms with van der Waals surface area (Å²) in [6.07, 6.45) is 1.60. The first-order valence-electron chi connectivity index (χ1n) is 7.02. The Hall–Kier alpha value is -2.31. The number of H-pyrrole nitrogens is 1. The van der Waals surface area contributed by atoms with E-state index in [0.717, 1.165) is 11.8 Å². The second-order valence-corrected chi connectivity index (χ2v) is 5.19. The molecule has 3 N–H and O–H groups in total. The summed E-state index contributed by atoms with van der Waals surface area (Å²) in [4.78, 5) is 8.56. The molecule has 2 aromatic heterocycles. The highest BCUT2D eigenvalue weighted by Gasteiger charge is 2.11. The average molecular weight is 290 g/mol. The van der Waals surface area contributed by atoms with Gasteiger partial charge in [0.05, 0.1) is 12.8 Å². The molecule has 0 aliphatic rings. The molecular formula is C14H22N6O. The summed E-state index contributed by atoms with van der Waals surface area (Å²) in [6.45, 7) is 6.97. The van der Waals surface area contributed by atoms with E-state index in [2.05, 4.69) is 51.6 Å². The summed E-state index contributed by atoms with van der Waals surface area (Å²) in [5, 5.41) is 13.5. The topological polar surface area (TPSA) is 91.1 Å². The molecule has 2 rings (SSSR count). The van der Waals surface area contributed by atoms with Crippen molar-refractivity contribution in [1.29, 1.82) is 0 Å². The molecule has 0 saturated carbocycles. The summed E-state index contributed by atoms with van der Waals surface area (Å²) in [5.74, 6) is 3.19. The van der Waals surface area contributed by atoms with E-state index in [0.29, 0.717) is 30.1 Å². The van der Waals surface area contributed by atoms with E-state index in [1.54, 1.807) is 13.3 Å². The van der Waals surface area contributed by atoms with Gasteiger partial charge in [-0.15, -0.1) is 5.10 Å². The van der Waals surface area contributed by atoms with Gasteiger partial charge in [-0.2, -0.15) is 0 Å². The lowest BCUT2D eigenvalue weighted by atomic mass is 10.1. The maximum atomic E-state index is 5.26. The van der Waals surface area contributed by atoms with Crippen molar-refractivity contribution in [2.24, 2.45) is 10.9 Å². The maximum Gasteiger partial charge on any atom is 0.216 e. The molecule has 2 heterocycles. The van der Waals surface area contributed by atoms with Crippen molar-refractivity contribution in [2.45, 2.75) is 33.4 Å². The van der Waals surface area contributed by atoms with Crippen LogP contribution in [0.4, 0.5) is 0 Å². The van der Waals surface area contributed by atoms with Gasteiger partial charge in [0.15, 0.2) is 11.7 Å². The second kappa shape index (κ2) is 6.92. The van der Waals surface area contributed by atoms with Gasteiger partial charge in [-0.25, -0.2) is 4.98 Å². The van der Waals surface area contributed by atoms with E-state index in [4.69, 9.17) is 4.42 Å². The molecule has 0 amide bonds. The van der Waals surface area contributed by atoms with Crippen LogP contribution < -0.4 is 10.6 Å². The minimum atomic E-state index is 0.338. The number of rotatable bonds is 5. The molecule has 0 saturated heterocycles. The van der Waals surface area contributed by atoms with E-state index in [9.17, 15) is 0 Å². The minimum Gasteiger partial charge on any atom is -0.461 e. The standard InChI is InChI=1S/C14H22N6O/c1-9(2)10(3)17-14(15-4)16-8-12-18-13(20-19-12)11-6-5-7-21-11/h5-7,9-10H,8H2,1-4H3,(H2,15,16,17)(H,18,19,20). The van der Waals surface area contributed by atoms with Crippen LogP contribution in [0.3, 0.4) is 0 Å². The fraction of sp³-hybridized carbons (Fsp3) is 0.500. The smallest absolute Gasteiger partial charge is 0.216 e. The number of nitrogens with zero attached hydrogens (tertiary/aromatic N) is 3. The Morgan fingerprint density at radius 2 is 2.24 bits per heavy atom. The Morgan fingerprint density at radius 3 is 2.86 bits per heavy atom. The summed E-state index contributed by atoms with van der Waals surface area (Å²) < 4.78 is 5.26. The first-order chi connectivity index (χ1) is 10.1. The zero-order valence-electron chi connectivity index (χ0n) is 12.8. The Bertz CT molecular complexity index is 572. The van der Waals surface area contributed by atoms with Crippen molar-refractivity contribution in [2.75, 3.05) is 7.05 Å². The van der Waals surface area contributed by atoms with Crippen molar-refractivity contribution < 1.29 is 4.42 Å². The molecule has 114 valence electrons. The van der Waals surface area contributed by atoms with E-state index < -0.39 is 0 Å². The Labute approximate surface area is 124 Å². The van der Waals surface area contributed by atoms with E-state index in [-0.39, 0.29) is 0 Å². The van der Waals surface area contributed by atoms with Crippen molar-refractivity contribution in [3.05, 3.63) is 24.2 Å². The largest absolute Gasteiger partial charge is 0.461 e. The van der Waals surface area contributed by atoms with Gasteiger partial charge in [-0.3, -0.25) is 10.1 Å². The molecule has 7 nitrogen and oxygen atoms in total. The van der Waals surface area contributed by atoms with Gasteiger partial charge in [-0.05, 0) is 25.0 Å². The molecule has 0 radical (unpaired) electrons. The predicted octanol–water partition coefficient (Wildman–Crippen LogP) is 1.77. The van der Waals surface area contributed by atoms with Crippen LogP contribution in [0, 0.1) is 5.92 Å². The lowest BCUT2D eigenvalue weighted by Gasteiger charge is -2.20. The molecule has 21 heavy (non-hydrogen) atoms. The van der Waals surface area contributed by atoms with Crippen LogP contribution in [-0.4, -0.2) is 34.2 Å². The third kappa shape index (κ3) is 4.08. The zero-order chi connectivity index (χ0) is 15.2. The summed E-state index contributed by atoms with van der Waals surface area (Å²) in [5.41, 5.74) is 0. The van der Waals surface area contributed by atoms with Crippen LogP contribution in [0.25, 0.3) is 11.6 Å². The summed E-state index contributed by atoms with van der Waals surface area (Å²) in [6, 6.07) is 3.97. The molecule has 0 fully saturated rings. The van der Waals surface area contributed by atoms with Gasteiger partial charge in [0.2, 0.25) is 5.82 Å². The molecular weight excluding hydrogens is 268 g/mol. The van der Waals surface area contributed by atoms with Crippen molar-refractivity contribution >= 4 is 5.96 Å². The highest BCUT2D eigenvalue weighted by molar-refractivity contribution is 5.79. The zero-order valence-corrected chi connectivity index (χ0v) is 12.8. The average Bonchev–Trinajstić information content (AvgIpc) is 3.13. The first kappa shape index (κ1) is 15.1. The Balaban J connectivity index is 1.90. The number of nitrogens with one attached hydrogen (secondary N) is 3. The third-order valence-corrected chi connectivity index (χ3v) is 3.28. The number of aliphatic imine (C=N–C) groups is 1. The number of hydrogen-bond donors (Lipinski definition) is 3. The normalized spacial score (nSPS) is 13.5. The van der Waals surface area contributed by atoms with Gasteiger partial charge in [0.25, 0.3) is 0 Å². The van der Waals surface area contributed by atoms with Crippen LogP contribution in [0.2, 0.25) is 0 Å². The maximum absolute atomic E-state index is 5.26. The molecule has 0 aliphatic carbocycles. The van der Waals surface area contributed by atoms with Crippen molar-refractivity contribution in [3.63, 3.8) is 0 Å². The fourth-order valence-electron chi connectivity index (χ4n) is 1.63. The molecule has 0 aliphatic heterocycles. The second-order valence-electron chi connectivity index (χ2n) is 5.19. The lowest BCUT2D eigenvalue weighted by Crippen LogP contribution is -2.44. The fourth-order valence-corrected chi connectivity index (χ4v) is 1.63. The molecule has 0 bridgehead atoms. The lowest BCUT2D eigenvalue weighted by molar-refractivity contribution is 0.480. The molecule has 1 unspecified atom stereocenters. The first-order valence-corrected chi connectivity index (χ1v) is 7.02. The van der Waals surface area contributed by atoms with E-state index >= 15 is 0 Å². The number of guanidine groups is 1. The number of aromatic nitrogens is 3. The summed E-state index contributed by atoms with van der Waals surface area (Å²) >= 11 is 0. The van der Waals surface area contributed by atoms with Crippen molar-refractivity contribution in [3.8, 4) is 11.6 Å². The van der Waals surface area contributed by atoms with Gasteiger partial charge in [0.1, 0.15) is 5.82 Å². The molecule has 0 spiro atoms. The quantitative estimate of drug-likeness (QED) is 0.576. The van der Waals surface area contributed by atoms with Crippen LogP contribution in [0.1, 0.15) is 26.6 Å².